The van der Waals surface area contributed by atoms with Gasteiger partial charge in [-0.15, -0.1) is 0 Å². The van der Waals surface area contributed by atoms with Crippen LogP contribution in [0.4, 0.5) is 0 Å². The van der Waals surface area contributed by atoms with Crippen LogP contribution in [0.15, 0.2) is 35.5 Å². The molecule has 0 fully saturated rings. The van der Waals surface area contributed by atoms with Gasteiger partial charge in [0, 0.05) is 6.42 Å². The smallest absolute Gasteiger partial charge is 0.363 e. The van der Waals surface area contributed by atoms with Crippen LogP contribution in [0, 0.1) is 0 Å². The van der Waals surface area contributed by atoms with Gasteiger partial charge in [-0.2, -0.15) is 0 Å². The lowest BCUT2D eigenvalue weighted by Gasteiger charge is -2.04. The second-order valence-electron chi connectivity index (χ2n) is 3.86. The van der Waals surface area contributed by atoms with Crippen LogP contribution in [0.5, 0.6) is 0 Å². The molecule has 5 heteroatoms. The van der Waals surface area contributed by atoms with Gasteiger partial charge in [-0.1, -0.05) is 42.4 Å². The molecule has 5 nitrogen and oxygen atoms in total. The standard InChI is InChI=1S/C14H17NO4/c1-3-7-12(16)13(14(17)18-2)15-19-10-11-8-5-4-6-9-11/h4-6,8-9H,3,7,10H2,1-2H3/b15-13-. The summed E-state index contributed by atoms with van der Waals surface area (Å²) in [6.45, 7) is 2.04. The van der Waals surface area contributed by atoms with Gasteiger partial charge >= 0.3 is 5.97 Å². The van der Waals surface area contributed by atoms with Crippen molar-refractivity contribution in [2.75, 3.05) is 7.11 Å². The fourth-order valence-electron chi connectivity index (χ4n) is 1.39. The highest BCUT2D eigenvalue weighted by Gasteiger charge is 2.21. The first-order valence-corrected chi connectivity index (χ1v) is 6.04. The first kappa shape index (κ1) is 14.9. The number of methoxy groups -OCH3 is 1. The normalized spacial score (nSPS) is 10.9. The van der Waals surface area contributed by atoms with E-state index >= 15 is 0 Å². The Morgan fingerprint density at radius 2 is 1.89 bits per heavy atom. The van der Waals surface area contributed by atoms with Crippen LogP contribution >= 0.6 is 0 Å². The number of Topliss-reactive ketones (excluding diaryl/α,β-unsaturated/α-hetero) is 1. The lowest BCUT2D eigenvalue weighted by atomic mass is 10.1. The predicted octanol–water partition coefficient (Wildman–Crippen LogP) is 2.10. The lowest BCUT2D eigenvalue weighted by Crippen LogP contribution is -2.25. The Morgan fingerprint density at radius 1 is 1.21 bits per heavy atom. The third-order valence-corrected chi connectivity index (χ3v) is 2.35. The average molecular weight is 263 g/mol. The van der Waals surface area contributed by atoms with E-state index in [9.17, 15) is 9.59 Å². The zero-order chi connectivity index (χ0) is 14.1. The number of hydrogen-bond acceptors (Lipinski definition) is 5. The maximum Gasteiger partial charge on any atom is 0.363 e. The SMILES string of the molecule is CCCC(=O)/C(=N/OCc1ccccc1)C(=O)OC. The molecule has 0 aliphatic rings. The third kappa shape index (κ3) is 4.91. The average Bonchev–Trinajstić information content (AvgIpc) is 2.44. The van der Waals surface area contributed by atoms with Crippen molar-refractivity contribution < 1.29 is 19.2 Å². The topological polar surface area (TPSA) is 65.0 Å². The highest BCUT2D eigenvalue weighted by Crippen LogP contribution is 2.02. The van der Waals surface area contributed by atoms with E-state index in [1.807, 2.05) is 37.3 Å². The molecular formula is C14H17NO4. The Morgan fingerprint density at radius 3 is 2.47 bits per heavy atom. The molecule has 0 aliphatic heterocycles. The molecule has 0 aliphatic carbocycles. The van der Waals surface area contributed by atoms with Crippen LogP contribution in [0.25, 0.3) is 0 Å². The first-order valence-electron chi connectivity index (χ1n) is 6.04. The van der Waals surface area contributed by atoms with Gasteiger partial charge in [0.1, 0.15) is 6.61 Å². The summed E-state index contributed by atoms with van der Waals surface area (Å²) in [5.74, 6) is -1.14. The Bertz CT molecular complexity index is 454. The van der Waals surface area contributed by atoms with Gasteiger partial charge in [0.05, 0.1) is 7.11 Å². The molecule has 0 aromatic heterocycles. The summed E-state index contributed by atoms with van der Waals surface area (Å²) >= 11 is 0. The molecular weight excluding hydrogens is 246 g/mol. The molecule has 1 rings (SSSR count). The maximum atomic E-state index is 11.7. The van der Waals surface area contributed by atoms with Gasteiger partial charge in [0.25, 0.3) is 0 Å². The van der Waals surface area contributed by atoms with E-state index < -0.39 is 5.97 Å². The van der Waals surface area contributed by atoms with Crippen LogP contribution in [-0.2, 0) is 25.8 Å². The molecule has 0 spiro atoms. The number of ether oxygens (including phenoxy) is 1. The first-order chi connectivity index (χ1) is 9.19. The molecule has 0 atom stereocenters. The van der Waals surface area contributed by atoms with Crippen LogP contribution in [0.2, 0.25) is 0 Å². The summed E-state index contributed by atoms with van der Waals surface area (Å²) in [4.78, 5) is 28.1. The summed E-state index contributed by atoms with van der Waals surface area (Å²) in [5, 5.41) is 3.60. The molecule has 19 heavy (non-hydrogen) atoms. The van der Waals surface area contributed by atoms with Gasteiger partial charge in [-0.25, -0.2) is 4.79 Å². The molecule has 102 valence electrons. The number of hydrogen-bond donors (Lipinski definition) is 0. The van der Waals surface area contributed by atoms with Crippen molar-refractivity contribution in [2.45, 2.75) is 26.4 Å². The van der Waals surface area contributed by atoms with E-state index in [0.717, 1.165) is 5.56 Å². The zero-order valence-corrected chi connectivity index (χ0v) is 11.1. The number of benzene rings is 1. The van der Waals surface area contributed by atoms with Crippen molar-refractivity contribution in [1.82, 2.24) is 0 Å². The van der Waals surface area contributed by atoms with Crippen molar-refractivity contribution in [3.63, 3.8) is 0 Å². The number of rotatable bonds is 7. The number of esters is 1. The maximum absolute atomic E-state index is 11.7. The Balaban J connectivity index is 2.67. The van der Waals surface area contributed by atoms with E-state index in [-0.39, 0.29) is 24.5 Å². The molecule has 0 N–H and O–H groups in total. The quantitative estimate of drug-likeness (QED) is 0.327. The van der Waals surface area contributed by atoms with Crippen LogP contribution in [0.3, 0.4) is 0 Å². The van der Waals surface area contributed by atoms with E-state index in [1.165, 1.54) is 7.11 Å². The van der Waals surface area contributed by atoms with E-state index in [4.69, 9.17) is 4.84 Å². The third-order valence-electron chi connectivity index (χ3n) is 2.35. The molecule has 1 aromatic carbocycles. The molecule has 0 saturated heterocycles. The second-order valence-corrected chi connectivity index (χ2v) is 3.86. The molecule has 0 unspecified atom stereocenters. The Labute approximate surface area is 112 Å². The van der Waals surface area contributed by atoms with Crippen molar-refractivity contribution in [3.8, 4) is 0 Å². The minimum absolute atomic E-state index is 0.195. The Hall–Kier alpha value is -2.17. The molecule has 0 heterocycles. The predicted molar refractivity (Wildman–Crippen MR) is 70.6 cm³/mol. The molecule has 0 radical (unpaired) electrons. The Kier molecular flexibility index (Phi) is 6.29. The molecule has 0 saturated carbocycles. The largest absolute Gasteiger partial charge is 0.464 e. The summed E-state index contributed by atoms with van der Waals surface area (Å²) in [7, 11) is 1.20. The van der Waals surface area contributed by atoms with Crippen molar-refractivity contribution in [3.05, 3.63) is 35.9 Å². The number of nitrogens with zero attached hydrogens (tertiary/aromatic N) is 1. The van der Waals surface area contributed by atoms with Crippen LogP contribution in [-0.4, -0.2) is 24.6 Å². The highest BCUT2D eigenvalue weighted by molar-refractivity contribution is 6.64. The van der Waals surface area contributed by atoms with Crippen molar-refractivity contribution in [2.24, 2.45) is 5.16 Å². The minimum Gasteiger partial charge on any atom is -0.464 e. The fraction of sp³-hybridized carbons (Fsp3) is 0.357. The van der Waals surface area contributed by atoms with Crippen molar-refractivity contribution in [1.29, 1.82) is 0 Å². The van der Waals surface area contributed by atoms with Crippen LogP contribution in [0.1, 0.15) is 25.3 Å². The zero-order valence-electron chi connectivity index (χ0n) is 11.1. The monoisotopic (exact) mass is 263 g/mol. The van der Waals surface area contributed by atoms with Crippen LogP contribution < -0.4 is 0 Å². The molecule has 0 amide bonds. The van der Waals surface area contributed by atoms with Gasteiger partial charge in [0.2, 0.25) is 5.71 Å². The number of carbonyl (C=O) groups is 2. The summed E-state index contributed by atoms with van der Waals surface area (Å²) < 4.78 is 4.51. The van der Waals surface area contributed by atoms with E-state index in [2.05, 4.69) is 9.89 Å². The number of ketones is 1. The van der Waals surface area contributed by atoms with E-state index in [0.29, 0.717) is 6.42 Å². The second kappa shape index (κ2) is 8.02. The highest BCUT2D eigenvalue weighted by atomic mass is 16.6. The van der Waals surface area contributed by atoms with E-state index in [1.54, 1.807) is 0 Å². The van der Waals surface area contributed by atoms with Gasteiger partial charge in [0.15, 0.2) is 5.78 Å². The number of carbonyl (C=O) groups excluding carboxylic acids is 2. The van der Waals surface area contributed by atoms with Gasteiger partial charge < -0.3 is 9.57 Å². The lowest BCUT2D eigenvalue weighted by molar-refractivity contribution is -0.133. The molecule has 1 aromatic rings. The van der Waals surface area contributed by atoms with Gasteiger partial charge in [-0.3, -0.25) is 4.79 Å². The number of oxime groups is 1. The summed E-state index contributed by atoms with van der Waals surface area (Å²) in [6.07, 6.45) is 0.871. The van der Waals surface area contributed by atoms with Crippen molar-refractivity contribution >= 4 is 17.5 Å². The van der Waals surface area contributed by atoms with Gasteiger partial charge in [-0.05, 0) is 12.0 Å². The fourth-order valence-corrected chi connectivity index (χ4v) is 1.39. The molecule has 0 bridgehead atoms. The summed E-state index contributed by atoms with van der Waals surface area (Å²) in [5.41, 5.74) is 0.610. The summed E-state index contributed by atoms with van der Waals surface area (Å²) in [6, 6.07) is 9.34. The minimum atomic E-state index is -0.772.